The lowest BCUT2D eigenvalue weighted by Crippen LogP contribution is -2.38. The number of hydrogen-bond acceptors (Lipinski definition) is 6. The van der Waals surface area contributed by atoms with Crippen LogP contribution < -0.4 is 10.6 Å². The molecule has 10 nitrogen and oxygen atoms in total. The third kappa shape index (κ3) is 5.62. The Morgan fingerprint density at radius 2 is 2.02 bits per heavy atom. The van der Waals surface area contributed by atoms with E-state index in [9.17, 15) is 27.2 Å². The maximum atomic E-state index is 13.9. The number of urea groups is 1. The molecule has 216 valence electrons. The summed E-state index contributed by atoms with van der Waals surface area (Å²) < 4.78 is 67.1. The number of ether oxygens (including phenoxy) is 1. The number of carbonyl (C=O) groups is 2. The Balaban J connectivity index is 1.45. The first-order valence-corrected chi connectivity index (χ1v) is 13.0. The molecule has 14 heteroatoms. The number of nitrogens with zero attached hydrogens (tertiary/aromatic N) is 4. The molecule has 3 unspecified atom stereocenters. The number of amides is 3. The van der Waals surface area contributed by atoms with Crippen molar-refractivity contribution >= 4 is 23.0 Å². The van der Waals surface area contributed by atoms with Crippen LogP contribution >= 0.6 is 0 Å². The Morgan fingerprint density at radius 1 is 1.27 bits per heavy atom. The zero-order chi connectivity index (χ0) is 28.6. The van der Waals surface area contributed by atoms with Gasteiger partial charge in [-0.3, -0.25) is 9.48 Å². The number of oxazole rings is 1. The van der Waals surface area contributed by atoms with E-state index in [1.807, 2.05) is 0 Å². The second-order valence-electron chi connectivity index (χ2n) is 10.3. The molecule has 1 aliphatic heterocycles. The van der Waals surface area contributed by atoms with E-state index in [1.165, 1.54) is 22.9 Å². The summed E-state index contributed by atoms with van der Waals surface area (Å²) in [5.41, 5.74) is 1.66. The number of carbonyl (C=O) groups excluding carboxylic acids is 2. The zero-order valence-electron chi connectivity index (χ0n) is 21.9. The fraction of sp³-hybridized carbons (Fsp3) is 0.538. The maximum Gasteiger partial charge on any atom is 0.318 e. The van der Waals surface area contributed by atoms with Gasteiger partial charge >= 0.3 is 6.03 Å². The van der Waals surface area contributed by atoms with Gasteiger partial charge in [-0.05, 0) is 42.5 Å². The normalized spacial score (nSPS) is 21.1. The number of aryl methyl sites for hydroxylation is 1. The van der Waals surface area contributed by atoms with E-state index in [1.54, 1.807) is 31.3 Å². The summed E-state index contributed by atoms with van der Waals surface area (Å²) in [6.45, 7) is -0.139. The monoisotopic (exact) mass is 566 g/mol. The van der Waals surface area contributed by atoms with Crippen LogP contribution in [0.4, 0.5) is 22.4 Å². The second-order valence-corrected chi connectivity index (χ2v) is 10.3. The summed E-state index contributed by atoms with van der Waals surface area (Å²) in [4.78, 5) is 31.4. The first-order valence-electron chi connectivity index (χ1n) is 13.0. The van der Waals surface area contributed by atoms with Gasteiger partial charge in [0.15, 0.2) is 5.58 Å². The van der Waals surface area contributed by atoms with Crippen LogP contribution in [0.5, 0.6) is 0 Å². The van der Waals surface area contributed by atoms with E-state index in [0.29, 0.717) is 16.7 Å². The molecule has 3 amide bonds. The maximum absolute atomic E-state index is 13.9. The zero-order valence-corrected chi connectivity index (χ0v) is 21.9. The first kappa shape index (κ1) is 27.9. The molecule has 1 aliphatic carbocycles. The molecule has 1 aromatic carbocycles. The van der Waals surface area contributed by atoms with Crippen molar-refractivity contribution in [2.75, 3.05) is 20.3 Å². The molecule has 3 heterocycles. The van der Waals surface area contributed by atoms with Crippen molar-refractivity contribution in [2.45, 2.75) is 56.2 Å². The molecule has 1 saturated heterocycles. The number of fused-ring (bicyclic) bond motifs is 1. The molecule has 0 bridgehead atoms. The quantitative estimate of drug-likeness (QED) is 0.375. The molecule has 2 aliphatic rings. The highest BCUT2D eigenvalue weighted by molar-refractivity contribution is 5.92. The van der Waals surface area contributed by atoms with Gasteiger partial charge in [-0.15, -0.1) is 0 Å². The van der Waals surface area contributed by atoms with Gasteiger partial charge in [0.2, 0.25) is 11.8 Å². The SMILES string of the molecule is COCC(c1ccc2oc(C(NC(=O)c3ccnn3C)C3CCC(F)(F)CC3)nc2c1)N1CC(C(F)F)NC1=O. The van der Waals surface area contributed by atoms with E-state index >= 15 is 0 Å². The lowest BCUT2D eigenvalue weighted by atomic mass is 9.82. The number of nitrogens with one attached hydrogen (secondary N) is 2. The lowest BCUT2D eigenvalue weighted by Gasteiger charge is -2.32. The van der Waals surface area contributed by atoms with Gasteiger partial charge in [0.25, 0.3) is 12.3 Å². The summed E-state index contributed by atoms with van der Waals surface area (Å²) >= 11 is 0. The van der Waals surface area contributed by atoms with Crippen LogP contribution in [-0.4, -0.2) is 70.3 Å². The van der Waals surface area contributed by atoms with Crippen LogP contribution in [0, 0.1) is 5.92 Å². The smallest absolute Gasteiger partial charge is 0.318 e. The third-order valence-electron chi connectivity index (χ3n) is 7.62. The van der Waals surface area contributed by atoms with Crippen LogP contribution in [0.3, 0.4) is 0 Å². The van der Waals surface area contributed by atoms with Crippen molar-refractivity contribution < 1.29 is 36.3 Å². The highest BCUT2D eigenvalue weighted by atomic mass is 19.3. The number of hydrogen-bond donors (Lipinski definition) is 2. The molecule has 3 aromatic rings. The fourth-order valence-electron chi connectivity index (χ4n) is 5.41. The van der Waals surface area contributed by atoms with E-state index in [2.05, 4.69) is 20.7 Å². The number of halogens is 4. The molecule has 2 fully saturated rings. The van der Waals surface area contributed by atoms with Gasteiger partial charge in [-0.1, -0.05) is 6.07 Å². The van der Waals surface area contributed by atoms with E-state index < -0.39 is 42.4 Å². The number of alkyl halides is 4. The Hall–Kier alpha value is -3.68. The van der Waals surface area contributed by atoms with Crippen molar-refractivity contribution in [3.63, 3.8) is 0 Å². The van der Waals surface area contributed by atoms with Crippen LogP contribution in [0.2, 0.25) is 0 Å². The van der Waals surface area contributed by atoms with Gasteiger partial charge < -0.3 is 24.7 Å². The average molecular weight is 567 g/mol. The molecule has 40 heavy (non-hydrogen) atoms. The summed E-state index contributed by atoms with van der Waals surface area (Å²) in [7, 11) is 3.06. The van der Waals surface area contributed by atoms with E-state index in [4.69, 9.17) is 9.15 Å². The Morgan fingerprint density at radius 3 is 2.65 bits per heavy atom. The minimum Gasteiger partial charge on any atom is -0.438 e. The fourth-order valence-corrected chi connectivity index (χ4v) is 5.41. The summed E-state index contributed by atoms with van der Waals surface area (Å²) in [5.74, 6) is -3.38. The Bertz CT molecular complexity index is 1370. The first-order chi connectivity index (χ1) is 19.1. The summed E-state index contributed by atoms with van der Waals surface area (Å²) in [6.07, 6.45) is -1.52. The minimum atomic E-state index is -2.76. The molecular weight excluding hydrogens is 536 g/mol. The number of methoxy groups -OCH3 is 1. The van der Waals surface area contributed by atoms with Crippen LogP contribution in [0.1, 0.15) is 59.7 Å². The van der Waals surface area contributed by atoms with E-state index in [0.717, 1.165) is 0 Å². The van der Waals surface area contributed by atoms with Gasteiger partial charge in [0, 0.05) is 39.7 Å². The van der Waals surface area contributed by atoms with Crippen molar-refractivity contribution in [1.29, 1.82) is 0 Å². The second kappa shape index (κ2) is 11.1. The van der Waals surface area contributed by atoms with Crippen molar-refractivity contribution in [3.05, 3.63) is 47.6 Å². The van der Waals surface area contributed by atoms with Crippen LogP contribution in [0.15, 0.2) is 34.9 Å². The van der Waals surface area contributed by atoms with Gasteiger partial charge in [0.05, 0.1) is 12.6 Å². The van der Waals surface area contributed by atoms with E-state index in [-0.39, 0.29) is 56.3 Å². The molecule has 2 N–H and O–H groups in total. The number of aromatic nitrogens is 3. The Kier molecular flexibility index (Phi) is 7.71. The molecule has 1 saturated carbocycles. The number of rotatable bonds is 9. The topological polar surface area (TPSA) is 115 Å². The summed E-state index contributed by atoms with van der Waals surface area (Å²) in [5, 5.41) is 9.21. The molecule has 3 atom stereocenters. The van der Waals surface area contributed by atoms with Crippen LogP contribution in [0.25, 0.3) is 11.1 Å². The van der Waals surface area contributed by atoms with Crippen LogP contribution in [-0.2, 0) is 11.8 Å². The summed E-state index contributed by atoms with van der Waals surface area (Å²) in [6, 6.07) is 3.18. The number of benzene rings is 1. The average Bonchev–Trinajstić information content (AvgIpc) is 3.63. The highest BCUT2D eigenvalue weighted by Crippen LogP contribution is 2.42. The molecule has 2 aromatic heterocycles. The third-order valence-corrected chi connectivity index (χ3v) is 7.62. The standard InChI is InChI=1S/C26H30F4N6O4/c1-35-18(7-10-31-35)23(37)34-21(14-5-8-26(29,30)9-6-14)24-32-16-11-15(3-4-20(16)40-24)19(13-39-2)36-12-17(22(27)28)33-25(36)38/h3-4,7,10-11,14,17,19,21-22H,5-6,8-9,12-13H2,1-2H3,(H,33,38)(H,34,37). The molecular formula is C26H30F4N6O4. The minimum absolute atomic E-state index is 0.0548. The predicted molar refractivity (Wildman–Crippen MR) is 134 cm³/mol. The lowest BCUT2D eigenvalue weighted by molar-refractivity contribution is -0.0503. The van der Waals surface area contributed by atoms with Gasteiger partial charge in [0.1, 0.15) is 23.3 Å². The molecule has 5 rings (SSSR count). The largest absolute Gasteiger partial charge is 0.438 e. The molecule has 0 radical (unpaired) electrons. The van der Waals surface area contributed by atoms with Crippen molar-refractivity contribution in [2.24, 2.45) is 13.0 Å². The Labute approximate surface area is 227 Å². The highest BCUT2D eigenvalue weighted by Gasteiger charge is 2.41. The van der Waals surface area contributed by atoms with Gasteiger partial charge in [-0.25, -0.2) is 27.3 Å². The molecule has 0 spiro atoms. The van der Waals surface area contributed by atoms with Gasteiger partial charge in [-0.2, -0.15) is 5.10 Å². The van der Waals surface area contributed by atoms with Crippen molar-refractivity contribution in [3.8, 4) is 0 Å². The van der Waals surface area contributed by atoms with Crippen molar-refractivity contribution in [1.82, 2.24) is 30.3 Å². The predicted octanol–water partition coefficient (Wildman–Crippen LogP) is 4.20.